The van der Waals surface area contributed by atoms with Crippen LogP contribution in [0.2, 0.25) is 0 Å². The van der Waals surface area contributed by atoms with Crippen LogP contribution in [0.15, 0.2) is 90.5 Å². The van der Waals surface area contributed by atoms with Crippen LogP contribution < -0.4 is 9.64 Å². The van der Waals surface area contributed by atoms with Crippen molar-refractivity contribution >= 4 is 52.5 Å². The molecule has 1 N–H and O–H groups in total. The highest BCUT2D eigenvalue weighted by Crippen LogP contribution is 2.66. The van der Waals surface area contributed by atoms with Crippen LogP contribution in [0.1, 0.15) is 35.4 Å². The van der Waals surface area contributed by atoms with Gasteiger partial charge in [-0.15, -0.1) is 23.2 Å². The van der Waals surface area contributed by atoms with Gasteiger partial charge in [0, 0.05) is 17.5 Å². The summed E-state index contributed by atoms with van der Waals surface area (Å²) < 4.78 is 79.7. The molecule has 6 atom stereocenters. The number of aromatic hydroxyl groups is 1. The lowest BCUT2D eigenvalue weighted by Gasteiger charge is -2.50. The van der Waals surface area contributed by atoms with Crippen LogP contribution in [-0.2, 0) is 32.3 Å². The standard InChI is InChI=1S/C40H27Cl2F5N2O6/c41-39-16-25-22(13-14-24-27(25)36(52)48(35(24)51)17-19-7-3-1-4-8-19)28(23-12-11-21(15-26(23)50)55-18-20-9-5-2-6-10-20)40(39,42)38(54)49(37(39)53)34-32(46)30(44)29(43)31(45)33(34)47/h1-13,15,24-25,27-28,50H,14,16-18H2. The Morgan fingerprint density at radius 3 is 1.96 bits per heavy atom. The lowest BCUT2D eigenvalue weighted by molar-refractivity contribution is -0.141. The minimum atomic E-state index is -2.78. The van der Waals surface area contributed by atoms with Crippen LogP contribution in [0.3, 0.4) is 0 Å². The number of anilines is 1. The smallest absolute Gasteiger partial charge is 0.258 e. The van der Waals surface area contributed by atoms with E-state index in [2.05, 4.69) is 0 Å². The summed E-state index contributed by atoms with van der Waals surface area (Å²) in [4.78, 5) is 52.3. The molecule has 0 aromatic heterocycles. The number of hydrogen-bond donors (Lipinski definition) is 1. The zero-order valence-corrected chi connectivity index (χ0v) is 29.8. The Morgan fingerprint density at radius 2 is 1.35 bits per heavy atom. The predicted molar refractivity (Wildman–Crippen MR) is 187 cm³/mol. The molecule has 0 radical (unpaired) electrons. The summed E-state index contributed by atoms with van der Waals surface area (Å²) in [6.07, 6.45) is 0.870. The highest BCUT2D eigenvalue weighted by Gasteiger charge is 2.77. The molecule has 2 heterocycles. The number of hydrogen-bond acceptors (Lipinski definition) is 6. The minimum absolute atomic E-state index is 0.0341. The lowest BCUT2D eigenvalue weighted by Crippen LogP contribution is -2.60. The van der Waals surface area contributed by atoms with Gasteiger partial charge in [-0.3, -0.25) is 24.1 Å². The molecule has 8 nitrogen and oxygen atoms in total. The van der Waals surface area contributed by atoms with E-state index in [9.17, 15) is 37.5 Å². The van der Waals surface area contributed by atoms with Crippen molar-refractivity contribution in [2.24, 2.45) is 17.8 Å². The number of halogens is 7. The number of phenolic OH excluding ortho intramolecular Hbond substituents is 1. The molecule has 4 aliphatic rings. The van der Waals surface area contributed by atoms with Crippen molar-refractivity contribution in [2.75, 3.05) is 4.90 Å². The average Bonchev–Trinajstić information content (AvgIpc) is 3.50. The van der Waals surface area contributed by atoms with Crippen LogP contribution in [0.5, 0.6) is 11.5 Å². The first-order valence-electron chi connectivity index (χ1n) is 17.1. The van der Waals surface area contributed by atoms with Crippen LogP contribution in [0, 0.1) is 46.8 Å². The second kappa shape index (κ2) is 13.2. The van der Waals surface area contributed by atoms with E-state index in [4.69, 9.17) is 27.9 Å². The van der Waals surface area contributed by atoms with Gasteiger partial charge in [-0.05, 0) is 36.0 Å². The molecule has 4 aromatic rings. The molecule has 1 saturated carbocycles. The molecule has 2 aliphatic carbocycles. The fraction of sp³-hybridized carbons (Fsp3) is 0.250. The zero-order valence-electron chi connectivity index (χ0n) is 28.2. The molecule has 2 aliphatic heterocycles. The maximum atomic E-state index is 15.3. The Hall–Kier alpha value is -5.27. The van der Waals surface area contributed by atoms with E-state index < -0.39 is 104 Å². The number of phenols is 1. The van der Waals surface area contributed by atoms with E-state index >= 15 is 8.78 Å². The van der Waals surface area contributed by atoms with Crippen LogP contribution in [-0.4, -0.2) is 43.4 Å². The Balaban J connectivity index is 1.26. The second-order valence-electron chi connectivity index (χ2n) is 13.9. The third kappa shape index (κ3) is 5.30. The first kappa shape index (κ1) is 36.7. The van der Waals surface area contributed by atoms with E-state index in [0.29, 0.717) is 5.56 Å². The SMILES string of the molecule is O=C1C2CC=C3C(CC4(Cl)C(=O)N(c5c(F)c(F)c(F)c(F)c5F)C(=O)C4(Cl)C3c3ccc(OCc4ccccc4)cc3O)C2C(=O)N1Cc1ccccc1. The van der Waals surface area contributed by atoms with Gasteiger partial charge in [-0.2, -0.15) is 0 Å². The fourth-order valence-corrected chi connectivity index (χ4v) is 9.42. The number of likely N-dealkylation sites (tertiary alicyclic amines) is 1. The van der Waals surface area contributed by atoms with E-state index in [0.717, 1.165) is 10.5 Å². The molecular weight excluding hydrogens is 770 g/mol. The highest BCUT2D eigenvalue weighted by molar-refractivity contribution is 6.58. The van der Waals surface area contributed by atoms with Gasteiger partial charge in [-0.1, -0.05) is 78.4 Å². The van der Waals surface area contributed by atoms with Crippen molar-refractivity contribution in [2.45, 2.75) is 41.7 Å². The van der Waals surface area contributed by atoms with Crippen LogP contribution >= 0.6 is 23.2 Å². The molecule has 0 spiro atoms. The first-order chi connectivity index (χ1) is 26.2. The van der Waals surface area contributed by atoms with Crippen molar-refractivity contribution in [3.63, 3.8) is 0 Å². The number of ether oxygens (including phenoxy) is 1. The average molecular weight is 798 g/mol. The number of rotatable bonds is 7. The Labute approximate surface area is 319 Å². The quantitative estimate of drug-likeness (QED) is 0.0522. The lowest BCUT2D eigenvalue weighted by atomic mass is 9.56. The molecule has 55 heavy (non-hydrogen) atoms. The number of carbonyl (C=O) groups is 4. The van der Waals surface area contributed by atoms with Crippen molar-refractivity contribution in [3.05, 3.63) is 136 Å². The summed E-state index contributed by atoms with van der Waals surface area (Å²) in [7, 11) is 0. The number of imide groups is 2. The number of benzene rings is 4. The van der Waals surface area contributed by atoms with Crippen molar-refractivity contribution in [3.8, 4) is 11.5 Å². The number of allylic oxidation sites excluding steroid dienone is 2. The Morgan fingerprint density at radius 1 is 0.745 bits per heavy atom. The van der Waals surface area contributed by atoms with Gasteiger partial charge in [-0.25, -0.2) is 26.9 Å². The third-order valence-electron chi connectivity index (χ3n) is 11.1. The molecule has 6 unspecified atom stereocenters. The van der Waals surface area contributed by atoms with E-state index in [1.807, 2.05) is 18.2 Å². The minimum Gasteiger partial charge on any atom is -0.508 e. The Bertz CT molecular complexity index is 2320. The molecular formula is C40H27Cl2F5N2O6. The van der Waals surface area contributed by atoms with Gasteiger partial charge in [0.15, 0.2) is 33.0 Å². The molecule has 3 fully saturated rings. The molecule has 282 valence electrons. The van der Waals surface area contributed by atoms with Gasteiger partial charge in [0.2, 0.25) is 17.6 Å². The van der Waals surface area contributed by atoms with Crippen molar-refractivity contribution in [1.82, 2.24) is 4.90 Å². The summed E-state index contributed by atoms with van der Waals surface area (Å²) in [5.74, 6) is -21.9. The Kier molecular flexibility index (Phi) is 8.80. The molecule has 0 bridgehead atoms. The van der Waals surface area contributed by atoms with Crippen LogP contribution in [0.4, 0.5) is 27.6 Å². The van der Waals surface area contributed by atoms with Crippen molar-refractivity contribution < 1.29 is 51.0 Å². The predicted octanol–water partition coefficient (Wildman–Crippen LogP) is 7.43. The topological polar surface area (TPSA) is 104 Å². The second-order valence-corrected chi connectivity index (χ2v) is 15.2. The van der Waals surface area contributed by atoms with E-state index in [1.54, 1.807) is 48.5 Å². The molecule has 4 amide bonds. The first-order valence-corrected chi connectivity index (χ1v) is 17.8. The maximum absolute atomic E-state index is 15.3. The van der Waals surface area contributed by atoms with Gasteiger partial charge < -0.3 is 9.84 Å². The molecule has 4 aromatic carbocycles. The largest absolute Gasteiger partial charge is 0.508 e. The summed E-state index contributed by atoms with van der Waals surface area (Å²) in [6.45, 7) is 0.0300. The number of nitrogens with zero attached hydrogens (tertiary/aromatic N) is 2. The van der Waals surface area contributed by atoms with Gasteiger partial charge in [0.05, 0.1) is 18.4 Å². The highest BCUT2D eigenvalue weighted by atomic mass is 35.5. The summed E-state index contributed by atoms with van der Waals surface area (Å²) >= 11 is 14.4. The summed E-state index contributed by atoms with van der Waals surface area (Å²) in [6, 6.07) is 21.7. The van der Waals surface area contributed by atoms with Crippen molar-refractivity contribution in [1.29, 1.82) is 0 Å². The van der Waals surface area contributed by atoms with Gasteiger partial charge in [0.1, 0.15) is 23.8 Å². The maximum Gasteiger partial charge on any atom is 0.258 e. The normalized spacial score (nSPS) is 27.2. The van der Waals surface area contributed by atoms with E-state index in [-0.39, 0.29) is 41.4 Å². The zero-order chi connectivity index (χ0) is 39.1. The van der Waals surface area contributed by atoms with Crippen LogP contribution in [0.25, 0.3) is 0 Å². The third-order valence-corrected chi connectivity index (χ3v) is 12.5. The number of carbonyl (C=O) groups excluding carboxylic acids is 4. The number of alkyl halides is 2. The fourth-order valence-electron chi connectivity index (χ4n) is 8.50. The molecule has 8 rings (SSSR count). The molecule has 15 heteroatoms. The van der Waals surface area contributed by atoms with E-state index in [1.165, 1.54) is 18.2 Å². The monoisotopic (exact) mass is 796 g/mol. The number of fused-ring (bicyclic) bond motifs is 4. The van der Waals surface area contributed by atoms with Gasteiger partial charge >= 0.3 is 0 Å². The number of amides is 4. The summed E-state index contributed by atoms with van der Waals surface area (Å²) in [5.41, 5.74) is -0.344. The molecule has 2 saturated heterocycles. The summed E-state index contributed by atoms with van der Waals surface area (Å²) in [5, 5.41) is 11.6. The van der Waals surface area contributed by atoms with Gasteiger partial charge in [0.25, 0.3) is 11.8 Å².